The second-order valence-electron chi connectivity index (χ2n) is 7.26. The standard InChI is InChI=1S/C7H8NO3.3C4H9.Sn/c1-5-2-3-8(7(10)11)4-6(5)9;3*1-3-4-2;/h3-4H2,1H3,(H,10,11);3*1,3-4H2,2H3;. The second-order valence-corrected chi connectivity index (χ2v) is 20.6. The van der Waals surface area contributed by atoms with Crippen molar-refractivity contribution < 1.29 is 14.7 Å². The molecule has 24 heavy (non-hydrogen) atoms. The van der Waals surface area contributed by atoms with Crippen LogP contribution in [0.5, 0.6) is 0 Å². The summed E-state index contributed by atoms with van der Waals surface area (Å²) in [6, 6.07) is 0. The first kappa shape index (κ1) is 21.5. The average molecular weight is 444 g/mol. The van der Waals surface area contributed by atoms with Crippen molar-refractivity contribution in [3.05, 3.63) is 9.16 Å². The minimum atomic E-state index is -2.71. The number of hydrogen-bond acceptors (Lipinski definition) is 2. The average Bonchev–Trinajstić information content (AvgIpc) is 2.57. The van der Waals surface area contributed by atoms with Gasteiger partial charge in [0.1, 0.15) is 0 Å². The zero-order valence-electron chi connectivity index (χ0n) is 16.0. The predicted octanol–water partition coefficient (Wildman–Crippen LogP) is 5.25. The van der Waals surface area contributed by atoms with Gasteiger partial charge in [0.05, 0.1) is 0 Å². The molecule has 0 unspecified atom stereocenters. The van der Waals surface area contributed by atoms with Crippen molar-refractivity contribution in [2.24, 2.45) is 0 Å². The molecule has 0 saturated carbocycles. The summed E-state index contributed by atoms with van der Waals surface area (Å²) in [5.41, 5.74) is 0.923. The topological polar surface area (TPSA) is 57.6 Å². The molecule has 1 rings (SSSR count). The van der Waals surface area contributed by atoms with E-state index in [0.29, 0.717) is 6.54 Å². The van der Waals surface area contributed by atoms with Gasteiger partial charge in [0, 0.05) is 0 Å². The van der Waals surface area contributed by atoms with Crippen LogP contribution in [0, 0.1) is 0 Å². The van der Waals surface area contributed by atoms with E-state index in [4.69, 9.17) is 0 Å². The van der Waals surface area contributed by atoms with Crippen LogP contribution in [0.3, 0.4) is 0 Å². The van der Waals surface area contributed by atoms with Gasteiger partial charge in [0.15, 0.2) is 0 Å². The normalized spacial score (nSPS) is 16.0. The summed E-state index contributed by atoms with van der Waals surface area (Å²) < 4.78 is 5.15. The van der Waals surface area contributed by atoms with Crippen LogP contribution in [0.2, 0.25) is 13.3 Å². The molecule has 1 amide bonds. The Morgan fingerprint density at radius 3 is 1.83 bits per heavy atom. The van der Waals surface area contributed by atoms with Crippen LogP contribution in [-0.2, 0) is 4.79 Å². The molecule has 0 aromatic carbocycles. The van der Waals surface area contributed by atoms with E-state index in [9.17, 15) is 14.7 Å². The van der Waals surface area contributed by atoms with Crippen LogP contribution in [0.25, 0.3) is 0 Å². The molecule has 0 spiro atoms. The molecule has 1 aliphatic heterocycles. The van der Waals surface area contributed by atoms with E-state index in [1.54, 1.807) is 0 Å². The Morgan fingerprint density at radius 1 is 1.00 bits per heavy atom. The Balaban J connectivity index is 3.27. The maximum atomic E-state index is 12.5. The van der Waals surface area contributed by atoms with E-state index < -0.39 is 24.5 Å². The molecule has 0 bridgehead atoms. The molecule has 0 aromatic rings. The third kappa shape index (κ3) is 5.50. The van der Waals surface area contributed by atoms with Gasteiger partial charge in [-0.25, -0.2) is 0 Å². The van der Waals surface area contributed by atoms with Gasteiger partial charge in [-0.2, -0.15) is 0 Å². The quantitative estimate of drug-likeness (QED) is 0.468. The number of unbranched alkanes of at least 4 members (excludes halogenated alkanes) is 3. The number of carbonyl (C=O) groups is 2. The monoisotopic (exact) mass is 445 g/mol. The van der Waals surface area contributed by atoms with Crippen molar-refractivity contribution >= 4 is 30.3 Å². The Bertz CT molecular complexity index is 451. The Labute approximate surface area is 151 Å². The molecule has 138 valence electrons. The summed E-state index contributed by atoms with van der Waals surface area (Å²) in [7, 11) is 0. The number of ketones is 1. The Hall–Kier alpha value is -0.521. The van der Waals surface area contributed by atoms with Crippen LogP contribution in [0.15, 0.2) is 9.16 Å². The fraction of sp³-hybridized carbons (Fsp3) is 0.789. The van der Waals surface area contributed by atoms with Gasteiger partial charge >= 0.3 is 152 Å². The summed E-state index contributed by atoms with van der Waals surface area (Å²) in [5.74, 6) is 0.0317. The summed E-state index contributed by atoms with van der Waals surface area (Å²) in [4.78, 5) is 25.3. The number of carbonyl (C=O) groups excluding carboxylic acids is 1. The fourth-order valence-electron chi connectivity index (χ4n) is 3.90. The van der Waals surface area contributed by atoms with Crippen molar-refractivity contribution in [1.29, 1.82) is 0 Å². The van der Waals surface area contributed by atoms with Gasteiger partial charge in [0.2, 0.25) is 0 Å². The van der Waals surface area contributed by atoms with Gasteiger partial charge in [-0.3, -0.25) is 0 Å². The molecule has 1 aliphatic rings. The summed E-state index contributed by atoms with van der Waals surface area (Å²) in [6.45, 7) is 9.20. The third-order valence-electron chi connectivity index (χ3n) is 5.49. The molecule has 1 heterocycles. The predicted molar refractivity (Wildman–Crippen MR) is 102 cm³/mol. The van der Waals surface area contributed by atoms with Gasteiger partial charge in [0.25, 0.3) is 0 Å². The van der Waals surface area contributed by atoms with E-state index in [1.807, 2.05) is 6.92 Å². The van der Waals surface area contributed by atoms with Crippen molar-refractivity contribution in [2.45, 2.75) is 79.5 Å². The zero-order valence-corrected chi connectivity index (χ0v) is 18.8. The first-order valence-electron chi connectivity index (χ1n) is 9.63. The van der Waals surface area contributed by atoms with Crippen LogP contribution in [0.4, 0.5) is 4.79 Å². The number of amides is 1. The van der Waals surface area contributed by atoms with Crippen LogP contribution in [-0.4, -0.2) is 53.3 Å². The van der Waals surface area contributed by atoms with Crippen molar-refractivity contribution in [2.75, 3.05) is 13.1 Å². The maximum absolute atomic E-state index is 12.5. The van der Waals surface area contributed by atoms with Crippen molar-refractivity contribution in [1.82, 2.24) is 4.90 Å². The Morgan fingerprint density at radius 2 is 1.46 bits per heavy atom. The van der Waals surface area contributed by atoms with Crippen LogP contribution in [0.1, 0.15) is 66.2 Å². The fourth-order valence-corrected chi connectivity index (χ4v) is 21.6. The number of rotatable bonds is 10. The number of hydrogen-bond donors (Lipinski definition) is 1. The SMILES string of the molecule is CCC[CH2][Sn]([CH2]CCC)([CH2]CCC)[C]1=C(C)C(=O)CN(C(=O)O)C1. The van der Waals surface area contributed by atoms with Crippen LogP contribution >= 0.6 is 0 Å². The number of Topliss-reactive ketones (excluding diaryl/α,β-unsaturated/α-hetero) is 1. The summed E-state index contributed by atoms with van der Waals surface area (Å²) >= 11 is -2.71. The third-order valence-corrected chi connectivity index (χ3v) is 21.9. The molecule has 0 atom stereocenters. The molecule has 0 radical (unpaired) electrons. The van der Waals surface area contributed by atoms with E-state index in [0.717, 1.165) is 5.57 Å². The van der Waals surface area contributed by atoms with Gasteiger partial charge < -0.3 is 0 Å². The minimum absolute atomic E-state index is 0.0317. The number of nitrogens with zero attached hydrogens (tertiary/aromatic N) is 1. The molecule has 0 fully saturated rings. The molecule has 0 aliphatic carbocycles. The van der Waals surface area contributed by atoms with Crippen LogP contribution < -0.4 is 0 Å². The molecule has 1 N–H and O–H groups in total. The molecule has 5 heteroatoms. The molecular formula is C19H35NO3Sn. The van der Waals surface area contributed by atoms with E-state index in [2.05, 4.69) is 20.8 Å². The van der Waals surface area contributed by atoms with Gasteiger partial charge in [-0.1, -0.05) is 0 Å². The first-order chi connectivity index (χ1) is 11.4. The summed E-state index contributed by atoms with van der Waals surface area (Å²) in [6.07, 6.45) is 6.26. The Kier molecular flexibility index (Phi) is 9.38. The van der Waals surface area contributed by atoms with Crippen molar-refractivity contribution in [3.63, 3.8) is 0 Å². The first-order valence-corrected chi connectivity index (χ1v) is 17.1. The second kappa shape index (κ2) is 10.5. The van der Waals surface area contributed by atoms with E-state index in [-0.39, 0.29) is 12.3 Å². The molecule has 0 aromatic heterocycles. The molecule has 4 nitrogen and oxygen atoms in total. The van der Waals surface area contributed by atoms with Gasteiger partial charge in [-0.05, 0) is 0 Å². The van der Waals surface area contributed by atoms with E-state index in [1.165, 1.54) is 60.3 Å². The van der Waals surface area contributed by atoms with Crippen molar-refractivity contribution in [3.8, 4) is 0 Å². The summed E-state index contributed by atoms with van der Waals surface area (Å²) in [5, 5.41) is 9.43. The van der Waals surface area contributed by atoms with E-state index >= 15 is 0 Å². The number of carboxylic acid groups (broad SMARTS) is 1. The zero-order chi connectivity index (χ0) is 18.2. The van der Waals surface area contributed by atoms with Gasteiger partial charge in [-0.15, -0.1) is 0 Å². The molecular weight excluding hydrogens is 409 g/mol. The molecule has 0 saturated heterocycles.